The lowest BCUT2D eigenvalue weighted by atomic mass is 10.1. The molecule has 5 nitrogen and oxygen atoms in total. The van der Waals surface area contributed by atoms with Crippen LogP contribution >= 0.6 is 6.89 Å². The predicted octanol–water partition coefficient (Wildman–Crippen LogP) is 2.41. The van der Waals surface area contributed by atoms with E-state index in [0.717, 1.165) is 15.9 Å². The first kappa shape index (κ1) is 25.3. The van der Waals surface area contributed by atoms with Crippen molar-refractivity contribution in [2.75, 3.05) is 13.2 Å². The normalized spacial score (nSPS) is 10.9. The molecule has 0 unspecified atom stereocenters. The molecular formula is C27H29BNO4P. The second-order valence-electron chi connectivity index (χ2n) is 7.76. The van der Waals surface area contributed by atoms with Gasteiger partial charge < -0.3 is 10.1 Å². The van der Waals surface area contributed by atoms with Crippen molar-refractivity contribution in [1.82, 2.24) is 5.32 Å². The molecule has 1 amide bonds. The van der Waals surface area contributed by atoms with Crippen molar-refractivity contribution in [3.05, 3.63) is 91.0 Å². The van der Waals surface area contributed by atoms with E-state index in [4.69, 9.17) is 4.74 Å². The van der Waals surface area contributed by atoms with E-state index in [-0.39, 0.29) is 29.9 Å². The maximum atomic E-state index is 13.8. The van der Waals surface area contributed by atoms with Crippen LogP contribution in [0.4, 0.5) is 4.79 Å². The minimum absolute atomic E-state index is 0.128. The van der Waals surface area contributed by atoms with Crippen LogP contribution in [0.3, 0.4) is 0 Å². The summed E-state index contributed by atoms with van der Waals surface area (Å²) in [7, 11) is 1.44. The Labute approximate surface area is 201 Å². The molecule has 3 aromatic carbocycles. The van der Waals surface area contributed by atoms with Crippen LogP contribution in [0.5, 0.6) is 0 Å². The van der Waals surface area contributed by atoms with Crippen molar-refractivity contribution in [3.8, 4) is 0 Å². The second-order valence-corrected chi connectivity index (χ2v) is 11.1. The van der Waals surface area contributed by atoms with Crippen LogP contribution in [0.2, 0.25) is 0 Å². The molecule has 7 heteroatoms. The van der Waals surface area contributed by atoms with Gasteiger partial charge in [-0.1, -0.05) is 91.0 Å². The molecule has 0 radical (unpaired) electrons. The summed E-state index contributed by atoms with van der Waals surface area (Å²) in [5, 5.41) is 5.63. The van der Waals surface area contributed by atoms with Crippen molar-refractivity contribution in [2.45, 2.75) is 19.8 Å². The van der Waals surface area contributed by atoms with Crippen LogP contribution in [0.15, 0.2) is 91.0 Å². The third-order valence-corrected chi connectivity index (χ3v) is 9.77. The zero-order valence-corrected chi connectivity index (χ0v) is 20.5. The Morgan fingerprint density at radius 1 is 0.794 bits per heavy atom. The Hall–Kier alpha value is -3.37. The third-order valence-electron chi connectivity index (χ3n) is 5.45. The molecule has 1 N–H and O–H groups in total. The summed E-state index contributed by atoms with van der Waals surface area (Å²) in [6.07, 6.45) is 0.558. The lowest BCUT2D eigenvalue weighted by Gasteiger charge is -2.31. The summed E-state index contributed by atoms with van der Waals surface area (Å²) in [6, 6.07) is 29.3. The van der Waals surface area contributed by atoms with Gasteiger partial charge in [0.15, 0.2) is 11.6 Å². The number of benzene rings is 3. The highest BCUT2D eigenvalue weighted by Gasteiger charge is 2.37. The zero-order valence-electron chi connectivity index (χ0n) is 19.6. The van der Waals surface area contributed by atoms with Gasteiger partial charge in [-0.3, -0.25) is 9.59 Å². The average Bonchev–Trinajstić information content (AvgIpc) is 2.86. The summed E-state index contributed by atoms with van der Waals surface area (Å²) in [6.45, 7) is -0.595. The maximum Gasteiger partial charge on any atom is 0.342 e. The van der Waals surface area contributed by atoms with E-state index in [2.05, 4.69) is 5.32 Å². The van der Waals surface area contributed by atoms with E-state index in [1.165, 1.54) is 7.85 Å². The van der Waals surface area contributed by atoms with Crippen molar-refractivity contribution in [3.63, 3.8) is 0 Å². The van der Waals surface area contributed by atoms with Gasteiger partial charge in [0, 0.05) is 13.0 Å². The highest BCUT2D eigenvalue weighted by molar-refractivity contribution is 7.97. The SMILES string of the molecule is BC(=O)NCCCC(=O)C(C(=O)OCC)=P(c1ccccc1)(c1ccccc1)c1ccccc1. The molecule has 0 fully saturated rings. The minimum atomic E-state index is -2.87. The Morgan fingerprint density at radius 3 is 1.62 bits per heavy atom. The number of carbonyl (C=O) groups excluding carboxylic acids is 3. The van der Waals surface area contributed by atoms with Gasteiger partial charge in [-0.2, -0.15) is 0 Å². The number of rotatable bonds is 10. The van der Waals surface area contributed by atoms with Gasteiger partial charge in [-0.15, -0.1) is 0 Å². The summed E-state index contributed by atoms with van der Waals surface area (Å²) in [5.74, 6) is -0.993. The molecule has 0 aromatic heterocycles. The number of ketones is 1. The largest absolute Gasteiger partial charge is 0.462 e. The lowest BCUT2D eigenvalue weighted by molar-refractivity contribution is -0.135. The van der Waals surface area contributed by atoms with Crippen LogP contribution < -0.4 is 21.2 Å². The fraction of sp³-hybridized carbons (Fsp3) is 0.185. The number of hydrogen-bond acceptors (Lipinski definition) is 4. The number of Topliss-reactive ketones (excluding diaryl/α,β-unsaturated/α-hetero) is 1. The van der Waals surface area contributed by atoms with Crippen LogP contribution in [0.1, 0.15) is 19.8 Å². The van der Waals surface area contributed by atoms with Gasteiger partial charge in [0.25, 0.3) is 0 Å². The summed E-state index contributed by atoms with van der Waals surface area (Å²) < 4.78 is 5.50. The first-order valence-electron chi connectivity index (χ1n) is 11.4. The molecule has 0 saturated carbocycles. The van der Waals surface area contributed by atoms with Crippen LogP contribution in [0.25, 0.3) is 0 Å². The van der Waals surface area contributed by atoms with E-state index < -0.39 is 12.9 Å². The number of amides is 1. The van der Waals surface area contributed by atoms with Crippen molar-refractivity contribution >= 4 is 53.5 Å². The molecule has 174 valence electrons. The lowest BCUT2D eigenvalue weighted by Crippen LogP contribution is -2.38. The molecule has 0 aliphatic heterocycles. The van der Waals surface area contributed by atoms with Gasteiger partial charge in [0.05, 0.1) is 6.61 Å². The van der Waals surface area contributed by atoms with Crippen LogP contribution in [0, 0.1) is 0 Å². The van der Waals surface area contributed by atoms with E-state index in [0.29, 0.717) is 13.0 Å². The number of ether oxygens (including phenoxy) is 1. The molecule has 0 bridgehead atoms. The van der Waals surface area contributed by atoms with Crippen LogP contribution in [-0.4, -0.2) is 43.9 Å². The minimum Gasteiger partial charge on any atom is -0.462 e. The fourth-order valence-electron chi connectivity index (χ4n) is 4.06. The average molecular weight is 473 g/mol. The van der Waals surface area contributed by atoms with E-state index >= 15 is 0 Å². The van der Waals surface area contributed by atoms with Crippen molar-refractivity contribution < 1.29 is 19.1 Å². The number of hydrogen-bond donors (Lipinski definition) is 1. The maximum absolute atomic E-state index is 13.8. The van der Waals surface area contributed by atoms with Crippen molar-refractivity contribution in [2.24, 2.45) is 0 Å². The van der Waals surface area contributed by atoms with Gasteiger partial charge in [0.1, 0.15) is 5.29 Å². The smallest absolute Gasteiger partial charge is 0.342 e. The first-order chi connectivity index (χ1) is 16.5. The summed E-state index contributed by atoms with van der Waals surface area (Å²) >= 11 is 0. The van der Waals surface area contributed by atoms with E-state index in [9.17, 15) is 14.4 Å². The standard InChI is InChI=1S/C27H29BNO4P/c1-2-33-26(31)25(24(30)19-12-20-29-27(28)32)34(21-13-6-3-7-14-21,22-15-8-4-9-16-22)23-17-10-5-11-18-23/h3-11,13-18H,2,12,19-20,28H2,1H3,(H,29,32). The topological polar surface area (TPSA) is 72.5 Å². The second kappa shape index (κ2) is 12.2. The van der Waals surface area contributed by atoms with E-state index in [1.807, 2.05) is 91.0 Å². The summed E-state index contributed by atoms with van der Waals surface area (Å²) in [4.78, 5) is 38.7. The molecule has 0 aliphatic rings. The zero-order chi connectivity index (χ0) is 24.4. The number of carbonyl (C=O) groups is 3. The highest BCUT2D eigenvalue weighted by Crippen LogP contribution is 2.46. The molecule has 0 heterocycles. The Kier molecular flexibility index (Phi) is 9.06. The van der Waals surface area contributed by atoms with Gasteiger partial charge in [-0.25, -0.2) is 4.79 Å². The number of nitrogens with one attached hydrogen (secondary N) is 1. The fourth-order valence-corrected chi connectivity index (χ4v) is 8.41. The van der Waals surface area contributed by atoms with Crippen molar-refractivity contribution in [1.29, 1.82) is 0 Å². The monoisotopic (exact) mass is 473 g/mol. The van der Waals surface area contributed by atoms with Gasteiger partial charge in [-0.05, 0) is 36.1 Å². The molecule has 0 spiro atoms. The Bertz CT molecular complexity index is 1080. The predicted molar refractivity (Wildman–Crippen MR) is 143 cm³/mol. The molecule has 34 heavy (non-hydrogen) atoms. The third kappa shape index (κ3) is 5.57. The molecule has 0 saturated heterocycles. The van der Waals surface area contributed by atoms with Gasteiger partial charge >= 0.3 is 5.97 Å². The molecule has 0 aliphatic carbocycles. The molecular weight excluding hydrogens is 444 g/mol. The van der Waals surface area contributed by atoms with E-state index in [1.54, 1.807) is 6.92 Å². The van der Waals surface area contributed by atoms with Gasteiger partial charge in [0.2, 0.25) is 7.85 Å². The Balaban J connectivity index is 2.39. The Morgan fingerprint density at radius 2 is 1.24 bits per heavy atom. The quantitative estimate of drug-likeness (QED) is 0.162. The molecule has 3 aromatic rings. The summed E-state index contributed by atoms with van der Waals surface area (Å²) in [5.41, 5.74) is 0. The molecule has 3 rings (SSSR count). The molecule has 0 atom stereocenters. The number of esters is 1. The van der Waals surface area contributed by atoms with Crippen LogP contribution in [-0.2, 0) is 14.3 Å². The first-order valence-corrected chi connectivity index (χ1v) is 13.2. The highest BCUT2D eigenvalue weighted by atomic mass is 31.2.